The molecule has 0 amide bonds. The molecule has 12 aromatic rings. The van der Waals surface area contributed by atoms with Crippen LogP contribution in [0.4, 0.5) is 0 Å². The van der Waals surface area contributed by atoms with E-state index in [1.807, 2.05) is 13.8 Å². The van der Waals surface area contributed by atoms with E-state index in [2.05, 4.69) is 251 Å². The first-order valence-corrected chi connectivity index (χ1v) is 24.9. The summed E-state index contributed by atoms with van der Waals surface area (Å²) in [5.74, 6) is 0. The number of fused-ring (bicyclic) bond motifs is 14. The third-order valence-corrected chi connectivity index (χ3v) is 13.8. The second kappa shape index (κ2) is 18.9. The van der Waals surface area contributed by atoms with E-state index in [-0.39, 0.29) is 0 Å². The molecule has 0 atom stereocenters. The maximum absolute atomic E-state index is 2.58. The molecule has 338 valence electrons. The van der Waals surface area contributed by atoms with Crippen molar-refractivity contribution < 1.29 is 0 Å². The minimum absolute atomic E-state index is 0.883. The van der Waals surface area contributed by atoms with E-state index in [1.165, 1.54) is 104 Å². The molecule has 4 aromatic heterocycles. The van der Waals surface area contributed by atoms with Crippen LogP contribution in [0.1, 0.15) is 52.5 Å². The molecule has 0 N–H and O–H groups in total. The molecule has 8 aromatic carbocycles. The third-order valence-electron chi connectivity index (χ3n) is 13.8. The van der Waals surface area contributed by atoms with Crippen molar-refractivity contribution >= 4 is 92.8 Å². The van der Waals surface area contributed by atoms with Crippen LogP contribution in [-0.4, -0.2) is 18.3 Å². The number of nitrogens with zero attached hydrogens (tertiary/aromatic N) is 4. The van der Waals surface area contributed by atoms with Gasteiger partial charge in [0.2, 0.25) is 0 Å². The van der Waals surface area contributed by atoms with E-state index < -0.39 is 0 Å². The zero-order chi connectivity index (χ0) is 46.8. The first-order valence-electron chi connectivity index (χ1n) is 24.9. The maximum atomic E-state index is 2.58. The van der Waals surface area contributed by atoms with Crippen LogP contribution in [0, 0.1) is 0 Å². The molecule has 0 saturated heterocycles. The summed E-state index contributed by atoms with van der Waals surface area (Å²) in [4.78, 5) is 0. The Morgan fingerprint density at radius 3 is 1.64 bits per heavy atom. The van der Waals surface area contributed by atoms with Gasteiger partial charge in [0.1, 0.15) is 0 Å². The van der Waals surface area contributed by atoms with E-state index in [1.54, 1.807) is 0 Å². The fraction of sp³-hybridized carbons (Fsp3) is 0.138. The molecule has 4 heteroatoms. The molecular weight excluding hydrogens is 837 g/mol. The van der Waals surface area contributed by atoms with Gasteiger partial charge in [0, 0.05) is 78.6 Å². The van der Waals surface area contributed by atoms with E-state index in [0.717, 1.165) is 38.0 Å². The van der Waals surface area contributed by atoms with Gasteiger partial charge < -0.3 is 18.3 Å². The summed E-state index contributed by atoms with van der Waals surface area (Å²) < 4.78 is 10.00. The lowest BCUT2D eigenvalue weighted by Gasteiger charge is -2.11. The van der Waals surface area contributed by atoms with Gasteiger partial charge in [0.25, 0.3) is 0 Å². The van der Waals surface area contributed by atoms with Crippen LogP contribution >= 0.6 is 0 Å². The van der Waals surface area contributed by atoms with Gasteiger partial charge in [-0.15, -0.1) is 0 Å². The smallest absolute Gasteiger partial charge is 0.0641 e. The molecule has 0 radical (unpaired) electrons. The number of aromatic nitrogens is 4. The van der Waals surface area contributed by atoms with Crippen LogP contribution in [0.3, 0.4) is 0 Å². The number of benzene rings is 8. The third kappa shape index (κ3) is 7.39. The van der Waals surface area contributed by atoms with Crippen molar-refractivity contribution in [1.82, 2.24) is 18.3 Å². The highest BCUT2D eigenvalue weighted by molar-refractivity contribution is 6.27. The molecule has 12 rings (SSSR count). The van der Waals surface area contributed by atoms with Gasteiger partial charge in [-0.05, 0) is 98.0 Å². The average Bonchev–Trinajstić information content (AvgIpc) is 4.13. The Hall–Kier alpha value is -8.08. The Balaban J connectivity index is 0.00000257. The minimum Gasteiger partial charge on any atom is -0.340 e. The lowest BCUT2D eigenvalue weighted by molar-refractivity contribution is 0.759. The van der Waals surface area contributed by atoms with E-state index in [9.17, 15) is 0 Å². The first-order chi connectivity index (χ1) is 34.2. The van der Waals surface area contributed by atoms with Crippen LogP contribution < -0.4 is 0 Å². The number of rotatable bonds is 12. The van der Waals surface area contributed by atoms with Crippen molar-refractivity contribution in [3.8, 4) is 11.4 Å². The van der Waals surface area contributed by atoms with Crippen LogP contribution in [-0.2, 0) is 13.1 Å². The Morgan fingerprint density at radius 2 is 0.942 bits per heavy atom. The van der Waals surface area contributed by atoms with E-state index in [4.69, 9.17) is 0 Å². The van der Waals surface area contributed by atoms with E-state index in [0.29, 0.717) is 0 Å². The zero-order valence-corrected chi connectivity index (χ0v) is 40.1. The summed E-state index contributed by atoms with van der Waals surface area (Å²) in [5.41, 5.74) is 14.9. The van der Waals surface area contributed by atoms with E-state index >= 15 is 0 Å². The highest BCUT2D eigenvalue weighted by atomic mass is 15.0. The molecule has 69 heavy (non-hydrogen) atoms. The topological polar surface area (TPSA) is 19.7 Å². The summed E-state index contributed by atoms with van der Waals surface area (Å²) in [6.45, 7) is 10.1. The van der Waals surface area contributed by atoms with Crippen molar-refractivity contribution in [2.24, 2.45) is 0 Å². The van der Waals surface area contributed by atoms with Crippen molar-refractivity contribution in [2.75, 3.05) is 0 Å². The van der Waals surface area contributed by atoms with Crippen molar-refractivity contribution in [3.05, 3.63) is 224 Å². The Labute approximate surface area is 404 Å². The summed E-state index contributed by atoms with van der Waals surface area (Å²) in [6.07, 6.45) is 18.5. The molecule has 0 saturated carbocycles. The number of hydrogen-bond acceptors (Lipinski definition) is 0. The minimum atomic E-state index is 0.883. The molecule has 4 heterocycles. The molecule has 0 aliphatic rings. The molecule has 0 unspecified atom stereocenters. The lowest BCUT2D eigenvalue weighted by Crippen LogP contribution is -1.98. The molecule has 4 nitrogen and oxygen atoms in total. The second-order valence-corrected chi connectivity index (χ2v) is 17.6. The molecular formula is C65H58N4. The summed E-state index contributed by atoms with van der Waals surface area (Å²) in [7, 11) is 0. The number of aryl methyl sites for hydroxylation is 2. The largest absolute Gasteiger partial charge is 0.340 e. The van der Waals surface area contributed by atoms with Gasteiger partial charge in [0.15, 0.2) is 0 Å². The van der Waals surface area contributed by atoms with Gasteiger partial charge >= 0.3 is 0 Å². The first kappa shape index (κ1) is 43.5. The summed E-state index contributed by atoms with van der Waals surface area (Å²) >= 11 is 0. The van der Waals surface area contributed by atoms with Gasteiger partial charge in [-0.3, -0.25) is 0 Å². The SMILES string of the molecule is C/C=C\C=C/CCn1c2ccccc2c2c1ccc1c3ccccc3n(CC/C=C\C(=C/CC)c3ccc(-n4c5ccccc5c5c4ccc4c6ccccc6n(-c6ccccc6)c45)cc3)c12.CC. The average molecular weight is 895 g/mol. The molecule has 0 bridgehead atoms. The lowest BCUT2D eigenvalue weighted by atomic mass is 10.0. The maximum Gasteiger partial charge on any atom is 0.0641 e. The number of hydrogen-bond donors (Lipinski definition) is 0. The predicted octanol–water partition coefficient (Wildman–Crippen LogP) is 18.1. The van der Waals surface area contributed by atoms with Crippen molar-refractivity contribution in [3.63, 3.8) is 0 Å². The summed E-state index contributed by atoms with van der Waals surface area (Å²) in [6, 6.07) is 64.9. The van der Waals surface area contributed by atoms with Crippen LogP contribution in [0.5, 0.6) is 0 Å². The van der Waals surface area contributed by atoms with Gasteiger partial charge in [0.05, 0.1) is 33.1 Å². The Bertz CT molecular complexity index is 3950. The van der Waals surface area contributed by atoms with Gasteiger partial charge in [-0.2, -0.15) is 0 Å². The number of para-hydroxylation sites is 5. The standard InChI is InChI=1S/C63H52N4.C2H6/c1-3-5-6-7-20-42-64-55-31-16-13-28-52(55)60-58(64)40-38-50-48-26-11-15-30-54(48)65(62(50)60)43-21-19-23-44(22-4-2)45-34-36-47(37-35-45)66-57-33-18-14-29-53(57)61-59(66)41-39-51-49-27-12-17-32-56(49)67(63(51)61)46-24-9-8-10-25-46;1-2/h3,5-19,22-41H,4,20-21,42-43H2,1-2H3;1-2H3/b5-3-,7-6-,23-19-,44-22+;. The van der Waals surface area contributed by atoms with Crippen LogP contribution in [0.25, 0.3) is 104 Å². The zero-order valence-electron chi connectivity index (χ0n) is 40.1. The molecule has 0 fully saturated rings. The fourth-order valence-electron chi connectivity index (χ4n) is 11.0. The molecule has 0 aliphatic heterocycles. The van der Waals surface area contributed by atoms with Crippen molar-refractivity contribution in [1.29, 1.82) is 0 Å². The van der Waals surface area contributed by atoms with Crippen LogP contribution in [0.15, 0.2) is 218 Å². The monoisotopic (exact) mass is 894 g/mol. The van der Waals surface area contributed by atoms with Gasteiger partial charge in [-0.1, -0.05) is 179 Å². The fourth-order valence-corrected chi connectivity index (χ4v) is 11.0. The quantitative estimate of drug-likeness (QED) is 0.109. The van der Waals surface area contributed by atoms with Crippen LogP contribution in [0.2, 0.25) is 0 Å². The predicted molar refractivity (Wildman–Crippen MR) is 300 cm³/mol. The van der Waals surface area contributed by atoms with Crippen molar-refractivity contribution in [2.45, 2.75) is 60.0 Å². The highest BCUT2D eigenvalue weighted by Crippen LogP contribution is 2.43. The normalized spacial score (nSPS) is 12.6. The number of allylic oxidation sites excluding steroid dienone is 8. The second-order valence-electron chi connectivity index (χ2n) is 17.6. The highest BCUT2D eigenvalue weighted by Gasteiger charge is 2.22. The Morgan fingerprint density at radius 1 is 0.420 bits per heavy atom. The summed E-state index contributed by atoms with van der Waals surface area (Å²) in [5, 5.41) is 10.4. The molecule has 0 spiro atoms. The van der Waals surface area contributed by atoms with Gasteiger partial charge in [-0.25, -0.2) is 0 Å². The molecule has 0 aliphatic carbocycles. The Kier molecular flexibility index (Phi) is 11.9.